The number of nitrogens with zero attached hydrogens (tertiary/aromatic N) is 2. The van der Waals surface area contributed by atoms with Crippen LogP contribution in [0.4, 0.5) is 13.6 Å². The summed E-state index contributed by atoms with van der Waals surface area (Å²) in [6.45, 7) is 11.5. The quantitative estimate of drug-likeness (QED) is 0.282. The van der Waals surface area contributed by atoms with Gasteiger partial charge in [0.2, 0.25) is 11.9 Å². The Morgan fingerprint density at radius 2 is 2.00 bits per heavy atom. The van der Waals surface area contributed by atoms with Crippen molar-refractivity contribution in [3.05, 3.63) is 32.4 Å². The van der Waals surface area contributed by atoms with Gasteiger partial charge in [0.1, 0.15) is 6.10 Å². The summed E-state index contributed by atoms with van der Waals surface area (Å²) in [5.74, 6) is -3.64. The molecule has 2 N–H and O–H groups in total. The maximum atomic E-state index is 15.0. The summed E-state index contributed by atoms with van der Waals surface area (Å²) in [7, 11) is -2.54. The average Bonchev–Trinajstić information content (AvgIpc) is 2.70. The Kier molecular flexibility index (Phi) is 8.21. The van der Waals surface area contributed by atoms with Crippen molar-refractivity contribution in [2.75, 3.05) is 0 Å². The highest BCUT2D eigenvalue weighted by Gasteiger charge is 2.53. The molecule has 1 heterocycles. The van der Waals surface area contributed by atoms with Crippen LogP contribution < -0.4 is 5.32 Å². The number of nitrogens with one attached hydrogen (secondary N) is 1. The van der Waals surface area contributed by atoms with Crippen LogP contribution in [0.1, 0.15) is 58.9 Å². The summed E-state index contributed by atoms with van der Waals surface area (Å²) in [6, 6.07) is 4.70. The molecule has 3 rings (SSSR count). The van der Waals surface area contributed by atoms with Crippen LogP contribution in [0.15, 0.2) is 23.2 Å². The van der Waals surface area contributed by atoms with Crippen molar-refractivity contribution >= 4 is 60.5 Å². The number of benzene rings is 1. The molecule has 2 fully saturated rings. The van der Waals surface area contributed by atoms with E-state index in [9.17, 15) is 23.5 Å². The minimum Gasteiger partial charge on any atom is -0.463 e. The zero-order valence-corrected chi connectivity index (χ0v) is 25.2. The van der Waals surface area contributed by atoms with E-state index in [0.717, 1.165) is 3.57 Å². The summed E-state index contributed by atoms with van der Waals surface area (Å²) in [6.07, 6.45) is -3.52. The fourth-order valence-corrected chi connectivity index (χ4v) is 6.62. The topological polar surface area (TPSA) is 91.2 Å². The third kappa shape index (κ3) is 5.88. The average molecular weight is 656 g/mol. The first-order chi connectivity index (χ1) is 16.4. The molecule has 2 amide bonds. The number of halogens is 4. The van der Waals surface area contributed by atoms with Crippen molar-refractivity contribution in [2.45, 2.75) is 95.1 Å². The Labute approximate surface area is 230 Å². The second-order valence-corrected chi connectivity index (χ2v) is 17.6. The Morgan fingerprint density at radius 3 is 2.58 bits per heavy atom. The third-order valence-electron chi connectivity index (χ3n) is 7.51. The molecule has 1 saturated heterocycles. The van der Waals surface area contributed by atoms with E-state index in [-0.39, 0.29) is 30.3 Å². The molecule has 36 heavy (non-hydrogen) atoms. The van der Waals surface area contributed by atoms with Crippen molar-refractivity contribution in [2.24, 2.45) is 4.99 Å². The monoisotopic (exact) mass is 655 g/mol. The van der Waals surface area contributed by atoms with E-state index < -0.39 is 50.3 Å². The molecule has 1 saturated carbocycles. The smallest absolute Gasteiger partial charge is 0.434 e. The SMILES string of the molecule is CC(C)(C)[Si](C)(C)O[C@@H]1C[C@@H](N2C(=O)C[C@@](C)(c3cccc(I)c3Cl)N/C2=N\C(=O)O)CCC1(F)F. The van der Waals surface area contributed by atoms with Gasteiger partial charge in [0.25, 0.3) is 5.92 Å². The number of carbonyl (C=O) groups excluding carboxylic acids is 1. The van der Waals surface area contributed by atoms with E-state index in [0.29, 0.717) is 10.6 Å². The van der Waals surface area contributed by atoms with Crippen molar-refractivity contribution in [3.63, 3.8) is 0 Å². The molecule has 1 aromatic carbocycles. The largest absolute Gasteiger partial charge is 0.463 e. The molecule has 0 bridgehead atoms. The van der Waals surface area contributed by atoms with Crippen molar-refractivity contribution in [1.82, 2.24) is 10.2 Å². The van der Waals surface area contributed by atoms with Gasteiger partial charge in [-0.15, -0.1) is 4.99 Å². The van der Waals surface area contributed by atoms with E-state index in [1.54, 1.807) is 19.1 Å². The van der Waals surface area contributed by atoms with E-state index >= 15 is 0 Å². The molecule has 2 aliphatic rings. The molecule has 7 nitrogen and oxygen atoms in total. The first-order valence-electron chi connectivity index (χ1n) is 11.8. The lowest BCUT2D eigenvalue weighted by Crippen LogP contribution is -2.64. The van der Waals surface area contributed by atoms with Gasteiger partial charge in [-0.3, -0.25) is 9.69 Å². The van der Waals surface area contributed by atoms with Crippen LogP contribution in [0.2, 0.25) is 23.2 Å². The van der Waals surface area contributed by atoms with Gasteiger partial charge >= 0.3 is 6.09 Å². The first kappa shape index (κ1) is 29.2. The third-order valence-corrected chi connectivity index (χ3v) is 13.6. The Hall–Kier alpha value is -1.31. The van der Waals surface area contributed by atoms with Gasteiger partial charge in [-0.05, 0) is 72.1 Å². The van der Waals surface area contributed by atoms with Crippen LogP contribution >= 0.6 is 34.2 Å². The van der Waals surface area contributed by atoms with Gasteiger partial charge < -0.3 is 14.8 Å². The van der Waals surface area contributed by atoms with Crippen molar-refractivity contribution in [1.29, 1.82) is 0 Å². The molecule has 3 atom stereocenters. The number of amides is 2. The number of aliphatic imine (C=N–C) groups is 1. The fraction of sp³-hybridized carbons (Fsp3) is 0.625. The van der Waals surface area contributed by atoms with Crippen LogP contribution in [0, 0.1) is 3.57 Å². The maximum Gasteiger partial charge on any atom is 0.434 e. The molecule has 0 spiro atoms. The Morgan fingerprint density at radius 1 is 1.36 bits per heavy atom. The Bertz CT molecular complexity index is 1080. The van der Waals surface area contributed by atoms with Crippen LogP contribution in [-0.4, -0.2) is 54.4 Å². The number of carboxylic acid groups (broad SMARTS) is 1. The molecule has 1 aromatic rings. The molecule has 1 aliphatic carbocycles. The minimum atomic E-state index is -3.05. The predicted molar refractivity (Wildman–Crippen MR) is 146 cm³/mol. The van der Waals surface area contributed by atoms with Gasteiger partial charge in [0, 0.05) is 16.0 Å². The summed E-state index contributed by atoms with van der Waals surface area (Å²) >= 11 is 8.61. The zero-order chi connectivity index (χ0) is 27.3. The normalized spacial score (nSPS) is 28.2. The number of guanidine groups is 1. The maximum absolute atomic E-state index is 15.0. The molecular formula is C24H33ClF2IN3O4Si. The number of hydrogen-bond acceptors (Lipinski definition) is 3. The molecular weight excluding hydrogens is 623 g/mol. The number of rotatable bonds is 4. The fourth-order valence-electron chi connectivity index (χ4n) is 4.46. The van der Waals surface area contributed by atoms with E-state index in [4.69, 9.17) is 16.0 Å². The molecule has 0 aromatic heterocycles. The molecule has 0 unspecified atom stereocenters. The minimum absolute atomic E-state index is 0.00285. The highest BCUT2D eigenvalue weighted by molar-refractivity contribution is 14.1. The number of carbonyl (C=O) groups is 2. The van der Waals surface area contributed by atoms with Gasteiger partial charge in [0.05, 0.1) is 17.0 Å². The second kappa shape index (κ2) is 10.1. The first-order valence-corrected chi connectivity index (χ1v) is 16.2. The van der Waals surface area contributed by atoms with Gasteiger partial charge in [0.15, 0.2) is 8.32 Å². The number of hydrogen-bond donors (Lipinski definition) is 2. The summed E-state index contributed by atoms with van der Waals surface area (Å²) in [4.78, 5) is 30.0. The lowest BCUT2D eigenvalue weighted by atomic mass is 9.84. The molecule has 200 valence electrons. The van der Waals surface area contributed by atoms with Gasteiger partial charge in [-0.25, -0.2) is 13.6 Å². The predicted octanol–water partition coefficient (Wildman–Crippen LogP) is 6.59. The Balaban J connectivity index is 1.95. The molecule has 12 heteroatoms. The summed E-state index contributed by atoms with van der Waals surface area (Å²) in [5.41, 5.74) is -0.410. The van der Waals surface area contributed by atoms with E-state index in [2.05, 4.69) is 32.9 Å². The second-order valence-electron chi connectivity index (χ2n) is 11.3. The molecule has 0 radical (unpaired) electrons. The van der Waals surface area contributed by atoms with Crippen LogP contribution in [0.5, 0.6) is 0 Å². The van der Waals surface area contributed by atoms with Gasteiger partial charge in [-0.2, -0.15) is 0 Å². The lowest BCUT2D eigenvalue weighted by molar-refractivity contribution is -0.148. The lowest BCUT2D eigenvalue weighted by Gasteiger charge is -2.49. The highest BCUT2D eigenvalue weighted by Crippen LogP contribution is 2.45. The van der Waals surface area contributed by atoms with Crippen molar-refractivity contribution < 1.29 is 27.9 Å². The highest BCUT2D eigenvalue weighted by atomic mass is 127. The standard InChI is InChI=1S/C24H33ClF2IN3O4Si/c1-22(2,3)36(5,6)35-17-12-14(10-11-24(17,26)27)31-18(32)13-23(4,30-20(31)29-21(33)34)15-8-7-9-16(28)19(15)25/h7-9,14,17H,10-13H2,1-6H3,(H,29,30)(H,33,34)/t14-,17+,23-/m0/s1. The zero-order valence-electron chi connectivity index (χ0n) is 21.3. The van der Waals surface area contributed by atoms with E-state index in [1.807, 2.05) is 39.9 Å². The van der Waals surface area contributed by atoms with Crippen LogP contribution in [0.25, 0.3) is 0 Å². The summed E-state index contributed by atoms with van der Waals surface area (Å²) < 4.78 is 36.9. The molecule has 1 aliphatic heterocycles. The van der Waals surface area contributed by atoms with Crippen molar-refractivity contribution in [3.8, 4) is 0 Å². The number of alkyl halides is 2. The van der Waals surface area contributed by atoms with Gasteiger partial charge in [-0.1, -0.05) is 44.5 Å². The van der Waals surface area contributed by atoms with Crippen LogP contribution in [0.3, 0.4) is 0 Å². The van der Waals surface area contributed by atoms with E-state index in [1.165, 1.54) is 4.90 Å². The summed E-state index contributed by atoms with van der Waals surface area (Å²) in [5, 5.41) is 12.7. The van der Waals surface area contributed by atoms with Crippen LogP contribution in [-0.2, 0) is 14.8 Å².